The van der Waals surface area contributed by atoms with E-state index in [4.69, 9.17) is 4.74 Å². The largest absolute Gasteiger partial charge is 0.501 e. The summed E-state index contributed by atoms with van der Waals surface area (Å²) in [6.07, 6.45) is 6.42. The summed E-state index contributed by atoms with van der Waals surface area (Å²) in [5, 5.41) is 5.22. The Morgan fingerprint density at radius 3 is 2.68 bits per heavy atom. The zero-order chi connectivity index (χ0) is 27.2. The third kappa shape index (κ3) is 6.05. The molecule has 9 nitrogen and oxygen atoms in total. The molecule has 0 radical (unpaired) electrons. The summed E-state index contributed by atoms with van der Waals surface area (Å²) in [7, 11) is 1.54. The second-order valence-corrected chi connectivity index (χ2v) is 9.43. The number of hydrogen-bond donors (Lipinski definition) is 2. The summed E-state index contributed by atoms with van der Waals surface area (Å²) in [5.41, 5.74) is 1.08. The summed E-state index contributed by atoms with van der Waals surface area (Å²) >= 11 is 3.16. The first-order valence-electron chi connectivity index (χ1n) is 11.8. The van der Waals surface area contributed by atoms with Crippen LogP contribution < -0.4 is 15.4 Å². The molecule has 11 heteroatoms. The first-order chi connectivity index (χ1) is 18.3. The fraction of sp³-hybridized carbons (Fsp3) is 0.222. The van der Waals surface area contributed by atoms with E-state index in [-0.39, 0.29) is 31.1 Å². The fourth-order valence-corrected chi connectivity index (χ4v) is 4.48. The number of allylic oxidation sites excluding steroid dienone is 3. The summed E-state index contributed by atoms with van der Waals surface area (Å²) in [6.45, 7) is -0.393. The number of nitrogens with zero attached hydrogens (tertiary/aromatic N) is 2. The van der Waals surface area contributed by atoms with Crippen molar-refractivity contribution in [3.05, 3.63) is 82.6 Å². The molecule has 0 spiro atoms. The minimum Gasteiger partial charge on any atom is -0.496 e. The van der Waals surface area contributed by atoms with Crippen molar-refractivity contribution in [2.24, 2.45) is 5.92 Å². The average Bonchev–Trinajstić information content (AvgIpc) is 2.91. The number of carbonyl (C=O) groups is 4. The van der Waals surface area contributed by atoms with Gasteiger partial charge in [-0.2, -0.15) is 14.3 Å². The first kappa shape index (κ1) is 26.9. The Balaban J connectivity index is 1.44. The Hall–Kier alpha value is -4.12. The molecule has 0 aromatic heterocycles. The molecular weight excluding hydrogens is 559 g/mol. The number of anilines is 1. The Labute approximate surface area is 226 Å². The number of imide groups is 1. The molecule has 2 N–H and O–H groups in total. The molecule has 1 atom stereocenters. The molecule has 5 amide bonds. The van der Waals surface area contributed by atoms with Gasteiger partial charge in [0.25, 0.3) is 5.91 Å². The Morgan fingerprint density at radius 1 is 1.13 bits per heavy atom. The van der Waals surface area contributed by atoms with Gasteiger partial charge in [-0.15, -0.1) is 0 Å². The number of hydrogen-bond acceptors (Lipinski definition) is 5. The SMILES string of the molecule is COc1ccccc1CNC(=O)CCN1C(=O)C2C=CC=CC2=[N+](CC(=O)Nc2ccc(Br)cc2F)C1=O. The quantitative estimate of drug-likeness (QED) is 0.440. The summed E-state index contributed by atoms with van der Waals surface area (Å²) in [6, 6.07) is 10.7. The van der Waals surface area contributed by atoms with Gasteiger partial charge in [0.15, 0.2) is 6.54 Å². The van der Waals surface area contributed by atoms with Crippen molar-refractivity contribution in [1.29, 1.82) is 0 Å². The predicted molar refractivity (Wildman–Crippen MR) is 141 cm³/mol. The van der Waals surface area contributed by atoms with Gasteiger partial charge in [0, 0.05) is 16.6 Å². The highest BCUT2D eigenvalue weighted by Crippen LogP contribution is 2.22. The van der Waals surface area contributed by atoms with Crippen molar-refractivity contribution in [2.75, 3.05) is 25.5 Å². The molecule has 0 saturated heterocycles. The minimum absolute atomic E-state index is 0.0389. The van der Waals surface area contributed by atoms with E-state index in [2.05, 4.69) is 26.6 Å². The fourth-order valence-electron chi connectivity index (χ4n) is 4.15. The van der Waals surface area contributed by atoms with Crippen molar-refractivity contribution in [2.45, 2.75) is 13.0 Å². The van der Waals surface area contributed by atoms with Crippen LogP contribution in [0.4, 0.5) is 14.9 Å². The average molecular weight is 584 g/mol. The number of para-hydroxylation sites is 1. The highest BCUT2D eigenvalue weighted by atomic mass is 79.9. The molecule has 1 unspecified atom stereocenters. The van der Waals surface area contributed by atoms with E-state index in [0.717, 1.165) is 10.5 Å². The highest BCUT2D eigenvalue weighted by Gasteiger charge is 2.47. The van der Waals surface area contributed by atoms with Crippen molar-refractivity contribution in [3.63, 3.8) is 0 Å². The lowest BCUT2D eigenvalue weighted by atomic mass is 9.94. The van der Waals surface area contributed by atoms with E-state index >= 15 is 0 Å². The van der Waals surface area contributed by atoms with Gasteiger partial charge in [-0.25, -0.2) is 9.18 Å². The van der Waals surface area contributed by atoms with Gasteiger partial charge in [0.05, 0.1) is 19.2 Å². The summed E-state index contributed by atoms with van der Waals surface area (Å²) in [4.78, 5) is 52.7. The Kier molecular flexibility index (Phi) is 8.47. The molecule has 2 aliphatic rings. The maximum atomic E-state index is 14.2. The molecule has 4 rings (SSSR count). The maximum Gasteiger partial charge on any atom is 0.501 e. The smallest absolute Gasteiger partial charge is 0.496 e. The van der Waals surface area contributed by atoms with Gasteiger partial charge < -0.3 is 15.4 Å². The lowest BCUT2D eigenvalue weighted by molar-refractivity contribution is -0.427. The van der Waals surface area contributed by atoms with Crippen LogP contribution in [0.5, 0.6) is 5.75 Å². The molecule has 196 valence electrons. The predicted octanol–water partition coefficient (Wildman–Crippen LogP) is 3.40. The normalized spacial score (nSPS) is 16.4. The van der Waals surface area contributed by atoms with E-state index < -0.39 is 36.1 Å². The van der Waals surface area contributed by atoms with Gasteiger partial charge in [0.2, 0.25) is 5.91 Å². The standard InChI is InChI=1S/C27H24BrFN4O5/c1-38-23-9-5-2-6-17(23)15-30-24(34)12-13-32-26(36)19-7-3-4-8-22(19)33(27(32)37)16-25(35)31-21-11-10-18(28)14-20(21)29/h2-11,14,19H,12-13,15-16H2,1H3,(H-,30,31,34,35)/p+1. The van der Waals surface area contributed by atoms with Crippen LogP contribution in [0.15, 0.2) is 71.2 Å². The zero-order valence-corrected chi connectivity index (χ0v) is 22.0. The molecule has 2 aromatic carbocycles. The molecule has 1 aliphatic carbocycles. The molecule has 0 fully saturated rings. The van der Waals surface area contributed by atoms with Crippen LogP contribution in [0.1, 0.15) is 12.0 Å². The topological polar surface area (TPSA) is 108 Å². The van der Waals surface area contributed by atoms with Crippen LogP contribution in [0, 0.1) is 11.7 Å². The van der Waals surface area contributed by atoms with Crippen molar-refractivity contribution < 1.29 is 32.9 Å². The third-order valence-corrected chi connectivity index (χ3v) is 6.54. The summed E-state index contributed by atoms with van der Waals surface area (Å²) < 4.78 is 21.2. The van der Waals surface area contributed by atoms with E-state index in [0.29, 0.717) is 15.9 Å². The molecule has 1 heterocycles. The van der Waals surface area contributed by atoms with Crippen LogP contribution in [-0.4, -0.2) is 59.1 Å². The molecule has 0 saturated carbocycles. The number of carbonyl (C=O) groups excluding carboxylic acids is 4. The Bertz CT molecular complexity index is 1390. The van der Waals surface area contributed by atoms with Crippen LogP contribution >= 0.6 is 15.9 Å². The molecule has 2 aromatic rings. The second kappa shape index (κ2) is 12.0. The van der Waals surface area contributed by atoms with Gasteiger partial charge in [0.1, 0.15) is 29.7 Å². The van der Waals surface area contributed by atoms with Crippen molar-refractivity contribution >= 4 is 51.1 Å². The zero-order valence-electron chi connectivity index (χ0n) is 20.4. The Morgan fingerprint density at radius 2 is 1.92 bits per heavy atom. The van der Waals surface area contributed by atoms with E-state index in [1.165, 1.54) is 23.8 Å². The van der Waals surface area contributed by atoms with E-state index in [1.807, 2.05) is 18.2 Å². The van der Waals surface area contributed by atoms with Crippen LogP contribution in [0.25, 0.3) is 0 Å². The minimum atomic E-state index is -0.786. The number of amides is 5. The van der Waals surface area contributed by atoms with Gasteiger partial charge >= 0.3 is 11.9 Å². The number of urea groups is 1. The lowest BCUT2D eigenvalue weighted by Crippen LogP contribution is -2.56. The number of methoxy groups -OCH3 is 1. The van der Waals surface area contributed by atoms with Crippen LogP contribution in [-0.2, 0) is 20.9 Å². The molecule has 38 heavy (non-hydrogen) atoms. The van der Waals surface area contributed by atoms with Gasteiger partial charge in [-0.3, -0.25) is 9.59 Å². The molecular formula is C27H25BrFN4O5+. The number of fused-ring (bicyclic) bond motifs is 1. The number of halogens is 2. The maximum absolute atomic E-state index is 14.2. The van der Waals surface area contributed by atoms with Gasteiger partial charge in [-0.1, -0.05) is 52.4 Å². The third-order valence-electron chi connectivity index (χ3n) is 6.04. The van der Waals surface area contributed by atoms with E-state index in [1.54, 1.807) is 36.4 Å². The molecule has 1 aliphatic heterocycles. The summed E-state index contributed by atoms with van der Waals surface area (Å²) in [5.74, 6) is -2.28. The highest BCUT2D eigenvalue weighted by molar-refractivity contribution is 9.10. The van der Waals surface area contributed by atoms with E-state index in [9.17, 15) is 23.6 Å². The number of nitrogens with one attached hydrogen (secondary N) is 2. The van der Waals surface area contributed by atoms with Crippen molar-refractivity contribution in [3.8, 4) is 5.75 Å². The second-order valence-electron chi connectivity index (χ2n) is 8.52. The van der Waals surface area contributed by atoms with Crippen molar-refractivity contribution in [1.82, 2.24) is 10.2 Å². The first-order valence-corrected chi connectivity index (χ1v) is 12.6. The van der Waals surface area contributed by atoms with Crippen LogP contribution in [0.3, 0.4) is 0 Å². The van der Waals surface area contributed by atoms with Crippen LogP contribution in [0.2, 0.25) is 0 Å². The number of rotatable bonds is 9. The number of benzene rings is 2. The number of ether oxygens (including phenoxy) is 1. The monoisotopic (exact) mass is 583 g/mol. The van der Waals surface area contributed by atoms with Gasteiger partial charge in [-0.05, 0) is 30.3 Å². The molecule has 0 bridgehead atoms. The lowest BCUT2D eigenvalue weighted by Gasteiger charge is -2.26.